The average Bonchev–Trinajstić information content (AvgIpc) is 3.43. The molecule has 0 bridgehead atoms. The first-order chi connectivity index (χ1) is 17.1. The lowest BCUT2D eigenvalue weighted by molar-refractivity contribution is -0.129. The molecule has 0 saturated carbocycles. The number of benzene rings is 3. The zero-order chi connectivity index (χ0) is 24.4. The second kappa shape index (κ2) is 9.50. The molecule has 0 fully saturated rings. The molecule has 6 heteroatoms. The summed E-state index contributed by atoms with van der Waals surface area (Å²) in [6.45, 7) is 2.77. The van der Waals surface area contributed by atoms with Crippen molar-refractivity contribution in [1.82, 2.24) is 4.90 Å². The van der Waals surface area contributed by atoms with E-state index in [9.17, 15) is 14.7 Å². The first-order valence-electron chi connectivity index (χ1n) is 11.6. The first kappa shape index (κ1) is 22.5. The lowest BCUT2D eigenvalue weighted by atomic mass is 9.94. The molecular weight excluding hydrogens is 442 g/mol. The van der Waals surface area contributed by atoms with Gasteiger partial charge in [-0.25, -0.2) is 0 Å². The number of para-hydroxylation sites is 1. The molecule has 4 aromatic rings. The van der Waals surface area contributed by atoms with Crippen LogP contribution in [0, 0.1) is 0 Å². The van der Waals surface area contributed by atoms with E-state index in [0.717, 1.165) is 10.9 Å². The number of Topliss-reactive ketones (excluding diaryl/α,β-unsaturated/α-hetero) is 1. The third kappa shape index (κ3) is 4.30. The normalized spacial score (nSPS) is 15.7. The van der Waals surface area contributed by atoms with Crippen LogP contribution in [-0.4, -0.2) is 34.8 Å². The van der Waals surface area contributed by atoms with Gasteiger partial charge in [0.25, 0.3) is 5.91 Å². The van der Waals surface area contributed by atoms with Crippen LogP contribution in [0.2, 0.25) is 0 Å². The minimum atomic E-state index is -0.748. The number of aliphatic hydroxyl groups excluding tert-OH is 1. The number of furan rings is 1. The molecule has 0 saturated heterocycles. The molecule has 1 aromatic heterocycles. The SMILES string of the molecule is CCOc1ccc(C2C(C(=O)c3cc4ccccc4o3)=C(O)C(=O)N2CCc2ccccc2)cc1. The quantitative estimate of drug-likeness (QED) is 0.339. The summed E-state index contributed by atoms with van der Waals surface area (Å²) < 4.78 is 11.3. The fourth-order valence-electron chi connectivity index (χ4n) is 4.50. The molecular formula is C29H25NO5. The molecule has 0 radical (unpaired) electrons. The molecule has 3 aromatic carbocycles. The van der Waals surface area contributed by atoms with Gasteiger partial charge < -0.3 is 19.2 Å². The number of aliphatic hydroxyl groups is 1. The van der Waals surface area contributed by atoms with Crippen molar-refractivity contribution in [2.24, 2.45) is 0 Å². The number of nitrogens with zero attached hydrogens (tertiary/aromatic N) is 1. The monoisotopic (exact) mass is 467 g/mol. The largest absolute Gasteiger partial charge is 0.503 e. The van der Waals surface area contributed by atoms with Gasteiger partial charge in [0.1, 0.15) is 11.3 Å². The molecule has 1 aliphatic heterocycles. The first-order valence-corrected chi connectivity index (χ1v) is 11.6. The van der Waals surface area contributed by atoms with E-state index in [2.05, 4.69) is 0 Å². The smallest absolute Gasteiger partial charge is 0.290 e. The molecule has 1 N–H and O–H groups in total. The van der Waals surface area contributed by atoms with E-state index in [-0.39, 0.29) is 11.3 Å². The summed E-state index contributed by atoms with van der Waals surface area (Å²) in [6.07, 6.45) is 0.583. The highest BCUT2D eigenvalue weighted by atomic mass is 16.5. The summed E-state index contributed by atoms with van der Waals surface area (Å²) in [6, 6.07) is 25.2. The number of amides is 1. The van der Waals surface area contributed by atoms with E-state index in [1.165, 1.54) is 0 Å². The number of rotatable bonds is 8. The summed E-state index contributed by atoms with van der Waals surface area (Å²) in [5.74, 6) is -0.842. The average molecular weight is 468 g/mol. The van der Waals surface area contributed by atoms with E-state index in [1.807, 2.05) is 67.6 Å². The number of hydrogen-bond acceptors (Lipinski definition) is 5. The van der Waals surface area contributed by atoms with Crippen molar-refractivity contribution < 1.29 is 23.8 Å². The Hall–Kier alpha value is -4.32. The van der Waals surface area contributed by atoms with Crippen LogP contribution in [0.15, 0.2) is 101 Å². The highest BCUT2D eigenvalue weighted by molar-refractivity contribution is 6.16. The standard InChI is InChI=1S/C29H25NO5/c1-2-34-22-14-12-20(13-15-22)26-25(27(31)24-18-21-10-6-7-11-23(21)35-24)28(32)29(33)30(26)17-16-19-8-4-3-5-9-19/h3-15,18,26,32H,2,16-17H2,1H3. The number of hydrogen-bond donors (Lipinski definition) is 1. The Morgan fingerprint density at radius 1 is 1.00 bits per heavy atom. The lowest BCUT2D eigenvalue weighted by Gasteiger charge is -2.27. The van der Waals surface area contributed by atoms with Crippen molar-refractivity contribution in [3.8, 4) is 5.75 Å². The van der Waals surface area contributed by atoms with Gasteiger partial charge in [0.15, 0.2) is 11.5 Å². The van der Waals surface area contributed by atoms with Crippen LogP contribution in [-0.2, 0) is 11.2 Å². The molecule has 6 nitrogen and oxygen atoms in total. The lowest BCUT2D eigenvalue weighted by Crippen LogP contribution is -2.33. The fraction of sp³-hybridized carbons (Fsp3) is 0.172. The Morgan fingerprint density at radius 3 is 2.43 bits per heavy atom. The van der Waals surface area contributed by atoms with Gasteiger partial charge in [-0.3, -0.25) is 9.59 Å². The Morgan fingerprint density at radius 2 is 1.71 bits per heavy atom. The van der Waals surface area contributed by atoms with Crippen molar-refractivity contribution in [2.45, 2.75) is 19.4 Å². The van der Waals surface area contributed by atoms with Crippen molar-refractivity contribution in [1.29, 1.82) is 0 Å². The van der Waals surface area contributed by atoms with Gasteiger partial charge in [0, 0.05) is 11.9 Å². The van der Waals surface area contributed by atoms with E-state index in [1.54, 1.807) is 29.2 Å². The van der Waals surface area contributed by atoms with Crippen LogP contribution < -0.4 is 4.74 Å². The summed E-state index contributed by atoms with van der Waals surface area (Å²) in [5, 5.41) is 11.7. The van der Waals surface area contributed by atoms with Crippen molar-refractivity contribution in [2.75, 3.05) is 13.2 Å². The molecule has 1 unspecified atom stereocenters. The Balaban J connectivity index is 1.53. The van der Waals surface area contributed by atoms with Crippen molar-refractivity contribution in [3.05, 3.63) is 113 Å². The van der Waals surface area contributed by atoms with Gasteiger partial charge in [-0.2, -0.15) is 0 Å². The highest BCUT2D eigenvalue weighted by Crippen LogP contribution is 2.40. The number of ketones is 1. The van der Waals surface area contributed by atoms with E-state index in [4.69, 9.17) is 9.15 Å². The van der Waals surface area contributed by atoms with E-state index in [0.29, 0.717) is 36.5 Å². The maximum absolute atomic E-state index is 13.6. The molecule has 1 aliphatic rings. The zero-order valence-corrected chi connectivity index (χ0v) is 19.3. The van der Waals surface area contributed by atoms with Gasteiger partial charge in [-0.15, -0.1) is 0 Å². The number of fused-ring (bicyclic) bond motifs is 1. The second-order valence-corrected chi connectivity index (χ2v) is 8.38. The molecule has 35 heavy (non-hydrogen) atoms. The summed E-state index contributed by atoms with van der Waals surface area (Å²) >= 11 is 0. The summed E-state index contributed by atoms with van der Waals surface area (Å²) in [4.78, 5) is 28.4. The molecule has 176 valence electrons. The molecule has 5 rings (SSSR count). The number of ether oxygens (including phenoxy) is 1. The number of carbonyl (C=O) groups excluding carboxylic acids is 2. The van der Waals surface area contributed by atoms with Gasteiger partial charge in [0.2, 0.25) is 5.78 Å². The van der Waals surface area contributed by atoms with Crippen LogP contribution in [0.1, 0.15) is 34.6 Å². The van der Waals surface area contributed by atoms with Gasteiger partial charge in [0.05, 0.1) is 18.2 Å². The summed E-state index contributed by atoms with van der Waals surface area (Å²) in [7, 11) is 0. The van der Waals surface area contributed by atoms with Crippen LogP contribution in [0.25, 0.3) is 11.0 Å². The third-order valence-electron chi connectivity index (χ3n) is 6.19. The number of carbonyl (C=O) groups is 2. The summed E-state index contributed by atoms with van der Waals surface area (Å²) in [5.41, 5.74) is 2.35. The van der Waals surface area contributed by atoms with Crippen LogP contribution in [0.4, 0.5) is 0 Å². The van der Waals surface area contributed by atoms with Crippen molar-refractivity contribution >= 4 is 22.7 Å². The fourth-order valence-corrected chi connectivity index (χ4v) is 4.50. The highest BCUT2D eigenvalue weighted by Gasteiger charge is 2.44. The minimum absolute atomic E-state index is 0.0197. The predicted octanol–water partition coefficient (Wildman–Crippen LogP) is 5.65. The Kier molecular flexibility index (Phi) is 6.10. The maximum Gasteiger partial charge on any atom is 0.290 e. The van der Waals surface area contributed by atoms with E-state index >= 15 is 0 Å². The van der Waals surface area contributed by atoms with Crippen LogP contribution in [0.5, 0.6) is 5.75 Å². The molecule has 1 amide bonds. The molecule has 1 atom stereocenters. The topological polar surface area (TPSA) is 80.0 Å². The van der Waals surface area contributed by atoms with Crippen LogP contribution in [0.3, 0.4) is 0 Å². The van der Waals surface area contributed by atoms with E-state index < -0.39 is 23.5 Å². The van der Waals surface area contributed by atoms with Gasteiger partial charge in [-0.1, -0.05) is 60.7 Å². The maximum atomic E-state index is 13.6. The van der Waals surface area contributed by atoms with Crippen LogP contribution >= 0.6 is 0 Å². The van der Waals surface area contributed by atoms with Gasteiger partial charge >= 0.3 is 0 Å². The molecule has 0 spiro atoms. The molecule has 2 heterocycles. The van der Waals surface area contributed by atoms with Crippen molar-refractivity contribution in [3.63, 3.8) is 0 Å². The zero-order valence-electron chi connectivity index (χ0n) is 19.3. The third-order valence-corrected chi connectivity index (χ3v) is 6.19. The second-order valence-electron chi connectivity index (χ2n) is 8.38. The predicted molar refractivity (Wildman–Crippen MR) is 132 cm³/mol. The minimum Gasteiger partial charge on any atom is -0.503 e. The molecule has 0 aliphatic carbocycles. The Bertz CT molecular complexity index is 1370. The van der Waals surface area contributed by atoms with Gasteiger partial charge in [-0.05, 0) is 48.7 Å². The Labute approximate surface area is 203 Å².